The predicted octanol–water partition coefficient (Wildman–Crippen LogP) is 4.22. The highest BCUT2D eigenvalue weighted by Gasteiger charge is 2.12. The van der Waals surface area contributed by atoms with Crippen molar-refractivity contribution in [3.05, 3.63) is 57.5 Å². The van der Waals surface area contributed by atoms with Crippen LogP contribution in [-0.2, 0) is 13.0 Å². The smallest absolute Gasteiger partial charge is 0.191 e. The van der Waals surface area contributed by atoms with Crippen molar-refractivity contribution in [3.63, 3.8) is 0 Å². The quantitative estimate of drug-likeness (QED) is 0.423. The molecule has 0 bridgehead atoms. The lowest BCUT2D eigenvalue weighted by molar-refractivity contribution is 0.102. The van der Waals surface area contributed by atoms with E-state index < -0.39 is 0 Å². The summed E-state index contributed by atoms with van der Waals surface area (Å²) in [7, 11) is 1.54. The van der Waals surface area contributed by atoms with E-state index in [1.165, 1.54) is 16.6 Å². The first-order valence-electron chi connectivity index (χ1n) is 7.57. The Balaban J connectivity index is 1.59. The molecule has 0 saturated carbocycles. The molecule has 0 aliphatic heterocycles. The Hall–Kier alpha value is -1.83. The Kier molecular flexibility index (Phi) is 6.12. The maximum absolute atomic E-state index is 12.4. The van der Waals surface area contributed by atoms with Gasteiger partial charge in [0.1, 0.15) is 12.1 Å². The Morgan fingerprint density at radius 1 is 1.40 bits per heavy atom. The molecule has 5 nitrogen and oxygen atoms in total. The van der Waals surface area contributed by atoms with Gasteiger partial charge in [-0.1, -0.05) is 29.4 Å². The molecule has 0 amide bonds. The molecule has 0 atom stereocenters. The number of halogens is 1. The predicted molar refractivity (Wildman–Crippen MR) is 101 cm³/mol. The van der Waals surface area contributed by atoms with Gasteiger partial charge in [0.25, 0.3) is 0 Å². The highest BCUT2D eigenvalue weighted by molar-refractivity contribution is 7.99. The summed E-state index contributed by atoms with van der Waals surface area (Å²) < 4.78 is 7.07. The van der Waals surface area contributed by atoms with Gasteiger partial charge >= 0.3 is 0 Å². The lowest BCUT2D eigenvalue weighted by atomic mass is 10.1. The van der Waals surface area contributed by atoms with E-state index in [0.29, 0.717) is 16.3 Å². The normalized spacial score (nSPS) is 10.8. The highest BCUT2D eigenvalue weighted by atomic mass is 35.5. The molecular weight excluding hydrogens is 378 g/mol. The van der Waals surface area contributed by atoms with Crippen LogP contribution in [0, 0.1) is 0 Å². The number of Topliss-reactive ketones (excluding diaryl/α,β-unsaturated/α-hetero) is 1. The fourth-order valence-electron chi connectivity index (χ4n) is 2.25. The first-order valence-corrected chi connectivity index (χ1v) is 9.81. The van der Waals surface area contributed by atoms with Crippen molar-refractivity contribution in [2.45, 2.75) is 18.1 Å². The van der Waals surface area contributed by atoms with E-state index in [0.717, 1.165) is 18.1 Å². The van der Waals surface area contributed by atoms with Crippen LogP contribution in [0.15, 0.2) is 47.2 Å². The van der Waals surface area contributed by atoms with Crippen LogP contribution in [0.5, 0.6) is 5.75 Å². The Labute approximate surface area is 159 Å². The zero-order valence-electron chi connectivity index (χ0n) is 13.5. The third kappa shape index (κ3) is 4.62. The van der Waals surface area contributed by atoms with E-state index >= 15 is 0 Å². The second-order valence-electron chi connectivity index (χ2n) is 5.20. The number of carbonyl (C=O) groups is 1. The maximum atomic E-state index is 12.4. The van der Waals surface area contributed by atoms with Gasteiger partial charge in [-0.25, -0.2) is 0 Å². The second-order valence-corrected chi connectivity index (χ2v) is 7.58. The summed E-state index contributed by atoms with van der Waals surface area (Å²) in [5, 5.41) is 11.3. The number of hydrogen-bond acceptors (Lipinski definition) is 6. The molecule has 25 heavy (non-hydrogen) atoms. The van der Waals surface area contributed by atoms with Gasteiger partial charge in [-0.05, 0) is 36.1 Å². The third-order valence-corrected chi connectivity index (χ3v) is 5.78. The minimum Gasteiger partial charge on any atom is -0.495 e. The van der Waals surface area contributed by atoms with Crippen LogP contribution in [0.2, 0.25) is 5.02 Å². The summed E-state index contributed by atoms with van der Waals surface area (Å²) in [4.78, 5) is 13.7. The molecule has 8 heteroatoms. The average molecular weight is 394 g/mol. The minimum atomic E-state index is -0.0117. The van der Waals surface area contributed by atoms with Crippen LogP contribution < -0.4 is 4.74 Å². The Morgan fingerprint density at radius 3 is 3.00 bits per heavy atom. The van der Waals surface area contributed by atoms with Crippen LogP contribution in [0.4, 0.5) is 0 Å². The van der Waals surface area contributed by atoms with E-state index in [2.05, 4.69) is 21.6 Å². The SMILES string of the molecule is COc1ccc(C(=O)CSc2nncn2CCc2cccs2)cc1Cl. The van der Waals surface area contributed by atoms with Gasteiger partial charge in [0.2, 0.25) is 0 Å². The Morgan fingerprint density at radius 2 is 2.28 bits per heavy atom. The summed E-state index contributed by atoms with van der Waals surface area (Å²) in [6.07, 6.45) is 2.62. The fourth-order valence-corrected chi connectivity index (χ4v) is 4.04. The molecule has 130 valence electrons. The Bertz CT molecular complexity index is 849. The lowest BCUT2D eigenvalue weighted by Crippen LogP contribution is -2.06. The van der Waals surface area contributed by atoms with Gasteiger partial charge in [-0.3, -0.25) is 4.79 Å². The van der Waals surface area contributed by atoms with E-state index in [-0.39, 0.29) is 11.5 Å². The van der Waals surface area contributed by atoms with Gasteiger partial charge in [0.05, 0.1) is 17.9 Å². The molecule has 0 unspecified atom stereocenters. The third-order valence-electron chi connectivity index (χ3n) is 3.57. The minimum absolute atomic E-state index is 0.0117. The average Bonchev–Trinajstić information content (AvgIpc) is 3.29. The number of thiophene rings is 1. The van der Waals surface area contributed by atoms with Crippen molar-refractivity contribution >= 4 is 40.5 Å². The van der Waals surface area contributed by atoms with Crippen LogP contribution in [-0.4, -0.2) is 33.4 Å². The van der Waals surface area contributed by atoms with Crippen molar-refractivity contribution in [1.29, 1.82) is 0 Å². The summed E-state index contributed by atoms with van der Waals surface area (Å²) in [5.74, 6) is 0.821. The zero-order valence-corrected chi connectivity index (χ0v) is 15.9. The molecule has 0 fully saturated rings. The maximum Gasteiger partial charge on any atom is 0.191 e. The molecule has 2 heterocycles. The topological polar surface area (TPSA) is 57.0 Å². The first-order chi connectivity index (χ1) is 12.2. The zero-order chi connectivity index (χ0) is 17.6. The van der Waals surface area contributed by atoms with Gasteiger partial charge < -0.3 is 9.30 Å². The van der Waals surface area contributed by atoms with Crippen molar-refractivity contribution in [2.24, 2.45) is 0 Å². The first kappa shape index (κ1) is 18.0. The molecule has 0 aliphatic carbocycles. The van der Waals surface area contributed by atoms with Gasteiger partial charge in [-0.2, -0.15) is 0 Å². The summed E-state index contributed by atoms with van der Waals surface area (Å²) >= 11 is 9.19. The number of hydrogen-bond donors (Lipinski definition) is 0. The lowest BCUT2D eigenvalue weighted by Gasteiger charge is -2.07. The molecule has 1 aromatic carbocycles. The second kappa shape index (κ2) is 8.51. The molecule has 0 aliphatic rings. The van der Waals surface area contributed by atoms with E-state index in [4.69, 9.17) is 16.3 Å². The van der Waals surface area contributed by atoms with Crippen LogP contribution in [0.25, 0.3) is 0 Å². The van der Waals surface area contributed by atoms with Crippen LogP contribution in [0.1, 0.15) is 15.2 Å². The number of ketones is 1. The fraction of sp³-hybridized carbons (Fsp3) is 0.235. The number of methoxy groups -OCH3 is 1. The molecule has 3 aromatic rings. The van der Waals surface area contributed by atoms with Crippen LogP contribution >= 0.6 is 34.7 Å². The molecule has 0 radical (unpaired) electrons. The molecule has 0 N–H and O–H groups in total. The van der Waals surface area contributed by atoms with Crippen molar-refractivity contribution in [3.8, 4) is 5.75 Å². The largest absolute Gasteiger partial charge is 0.495 e. The van der Waals surface area contributed by atoms with Crippen molar-refractivity contribution in [1.82, 2.24) is 14.8 Å². The van der Waals surface area contributed by atoms with E-state index in [1.54, 1.807) is 43.0 Å². The number of nitrogens with zero attached hydrogens (tertiary/aromatic N) is 3. The standard InChI is InChI=1S/C17H16ClN3O2S2/c1-23-16-5-4-12(9-14(16)18)15(22)10-25-17-20-19-11-21(17)7-6-13-3-2-8-24-13/h2-5,8-9,11H,6-7,10H2,1H3. The highest BCUT2D eigenvalue weighted by Crippen LogP contribution is 2.26. The summed E-state index contributed by atoms with van der Waals surface area (Å²) in [6, 6.07) is 9.20. The number of benzene rings is 1. The molecule has 3 rings (SSSR count). The van der Waals surface area contributed by atoms with Crippen molar-refractivity contribution < 1.29 is 9.53 Å². The summed E-state index contributed by atoms with van der Waals surface area (Å²) in [6.45, 7) is 0.790. The summed E-state index contributed by atoms with van der Waals surface area (Å²) in [5.41, 5.74) is 0.558. The number of thioether (sulfide) groups is 1. The monoisotopic (exact) mass is 393 g/mol. The molecule has 2 aromatic heterocycles. The van der Waals surface area contributed by atoms with Gasteiger partial charge in [0, 0.05) is 17.0 Å². The number of carbonyl (C=O) groups excluding carboxylic acids is 1. The van der Waals surface area contributed by atoms with E-state index in [9.17, 15) is 4.79 Å². The number of ether oxygens (including phenoxy) is 1. The van der Waals surface area contributed by atoms with E-state index in [1.807, 2.05) is 10.6 Å². The van der Waals surface area contributed by atoms with Crippen molar-refractivity contribution in [2.75, 3.05) is 12.9 Å². The molecule has 0 saturated heterocycles. The van der Waals surface area contributed by atoms with Crippen LogP contribution in [0.3, 0.4) is 0 Å². The number of aromatic nitrogens is 3. The number of rotatable bonds is 8. The number of aryl methyl sites for hydroxylation is 2. The van der Waals surface area contributed by atoms with Gasteiger partial charge in [0.15, 0.2) is 10.9 Å². The molecule has 0 spiro atoms. The molecular formula is C17H16ClN3O2S2. The van der Waals surface area contributed by atoms with Gasteiger partial charge in [-0.15, -0.1) is 21.5 Å².